The summed E-state index contributed by atoms with van der Waals surface area (Å²) in [5.41, 5.74) is 6.73. The fraction of sp³-hybridized carbons (Fsp3) is 0.207. The molecule has 0 radical (unpaired) electrons. The molecule has 0 aliphatic carbocycles. The molecule has 1 heterocycles. The van der Waals surface area contributed by atoms with Crippen LogP contribution in [0.4, 0.5) is 0 Å². The van der Waals surface area contributed by atoms with Crippen molar-refractivity contribution in [2.24, 2.45) is 0 Å². The van der Waals surface area contributed by atoms with Gasteiger partial charge in [-0.15, -0.1) is 0 Å². The highest BCUT2D eigenvalue weighted by Gasteiger charge is 2.21. The number of carboxylic acids is 1. The summed E-state index contributed by atoms with van der Waals surface area (Å²) in [4.78, 5) is 11.8. The van der Waals surface area contributed by atoms with E-state index in [1.165, 1.54) is 11.3 Å². The first-order valence-corrected chi connectivity index (χ1v) is 12.3. The second-order valence-electron chi connectivity index (χ2n) is 8.38. The smallest absolute Gasteiger partial charge is 0.345 e. The molecule has 4 nitrogen and oxygen atoms in total. The van der Waals surface area contributed by atoms with E-state index >= 15 is 0 Å². The number of benzene rings is 3. The summed E-state index contributed by atoms with van der Waals surface area (Å²) in [6.07, 6.45) is 1.40. The van der Waals surface area contributed by atoms with E-state index in [1.807, 2.05) is 66.7 Å². The van der Waals surface area contributed by atoms with Crippen LogP contribution in [-0.2, 0) is 17.6 Å². The van der Waals surface area contributed by atoms with Crippen molar-refractivity contribution in [3.63, 3.8) is 0 Å². The van der Waals surface area contributed by atoms with Gasteiger partial charge >= 0.3 is 5.97 Å². The molecule has 0 saturated carbocycles. The van der Waals surface area contributed by atoms with E-state index in [0.717, 1.165) is 39.8 Å². The van der Waals surface area contributed by atoms with E-state index in [2.05, 4.69) is 52.5 Å². The Labute approximate surface area is 209 Å². The fourth-order valence-corrected chi connectivity index (χ4v) is 4.53. The number of aryl methyl sites for hydroxylation is 2. The molecular weight excluding hydrogens is 490 g/mol. The molecule has 1 N–H and O–H groups in total. The lowest BCUT2D eigenvalue weighted by atomic mass is 10.0. The zero-order chi connectivity index (χ0) is 24.1. The molecule has 0 spiro atoms. The molecule has 0 fully saturated rings. The standard InChI is InChI=1S/C29H28BrNO3/c1-3-7-23-18-20(2)31(25-14-12-24(30)13-15-25)28(23)22-10-16-26(17-11-22)34-27(29(32)33)19-21-8-5-4-6-9-21/h4-6,8-18,27H,3,7,19H2,1-2H3,(H,32,33)/t27-/m1/s1. The van der Waals surface area contributed by atoms with Gasteiger partial charge in [0.25, 0.3) is 0 Å². The highest BCUT2D eigenvalue weighted by Crippen LogP contribution is 2.33. The summed E-state index contributed by atoms with van der Waals surface area (Å²) in [5.74, 6) is -0.430. The molecular formula is C29H28BrNO3. The van der Waals surface area contributed by atoms with Crippen LogP contribution < -0.4 is 4.74 Å². The van der Waals surface area contributed by atoms with E-state index in [-0.39, 0.29) is 0 Å². The Morgan fingerprint density at radius 1 is 1.00 bits per heavy atom. The third kappa shape index (κ3) is 5.42. The Bertz CT molecular complexity index is 1250. The number of aliphatic carboxylic acids is 1. The molecule has 0 aliphatic heterocycles. The predicted octanol–water partition coefficient (Wildman–Crippen LogP) is 7.24. The van der Waals surface area contributed by atoms with E-state index in [0.29, 0.717) is 12.2 Å². The first kappa shape index (κ1) is 23.8. The lowest BCUT2D eigenvalue weighted by molar-refractivity contribution is -0.145. The molecule has 174 valence electrons. The first-order valence-electron chi connectivity index (χ1n) is 11.5. The molecule has 0 amide bonds. The van der Waals surface area contributed by atoms with Gasteiger partial charge in [0.15, 0.2) is 6.10 Å². The molecule has 1 atom stereocenters. The molecule has 4 rings (SSSR count). The second kappa shape index (κ2) is 10.7. The topological polar surface area (TPSA) is 51.5 Å². The first-order chi connectivity index (χ1) is 16.5. The van der Waals surface area contributed by atoms with Gasteiger partial charge in [0.05, 0.1) is 5.69 Å². The van der Waals surface area contributed by atoms with Crippen LogP contribution in [0.3, 0.4) is 0 Å². The van der Waals surface area contributed by atoms with Crippen LogP contribution in [0.15, 0.2) is 89.4 Å². The Kier molecular flexibility index (Phi) is 7.53. The zero-order valence-electron chi connectivity index (χ0n) is 19.4. The minimum Gasteiger partial charge on any atom is -0.478 e. The van der Waals surface area contributed by atoms with Gasteiger partial charge in [-0.25, -0.2) is 4.79 Å². The van der Waals surface area contributed by atoms with Gasteiger partial charge in [-0.05, 0) is 84.6 Å². The van der Waals surface area contributed by atoms with Gasteiger partial charge in [-0.3, -0.25) is 0 Å². The van der Waals surface area contributed by atoms with Crippen molar-refractivity contribution in [3.8, 4) is 22.7 Å². The monoisotopic (exact) mass is 517 g/mol. The Hall–Kier alpha value is -3.31. The minimum atomic E-state index is -0.974. The lowest BCUT2D eigenvalue weighted by Gasteiger charge is -2.17. The summed E-state index contributed by atoms with van der Waals surface area (Å²) in [7, 11) is 0. The summed E-state index contributed by atoms with van der Waals surface area (Å²) in [5, 5.41) is 9.68. The van der Waals surface area contributed by atoms with Gasteiger partial charge < -0.3 is 14.4 Å². The molecule has 34 heavy (non-hydrogen) atoms. The van der Waals surface area contributed by atoms with E-state index in [4.69, 9.17) is 4.74 Å². The molecule has 0 saturated heterocycles. The van der Waals surface area contributed by atoms with Crippen LogP contribution in [0.2, 0.25) is 0 Å². The summed E-state index contributed by atoms with van der Waals surface area (Å²) in [6.45, 7) is 4.31. The molecule has 5 heteroatoms. The van der Waals surface area contributed by atoms with Crippen molar-refractivity contribution >= 4 is 21.9 Å². The van der Waals surface area contributed by atoms with Crippen LogP contribution in [0.1, 0.15) is 30.2 Å². The number of aromatic nitrogens is 1. The SMILES string of the molecule is CCCc1cc(C)n(-c2ccc(Br)cc2)c1-c1ccc(O[C@H](Cc2ccccc2)C(=O)O)cc1. The predicted molar refractivity (Wildman–Crippen MR) is 140 cm³/mol. The van der Waals surface area contributed by atoms with Gasteiger partial charge in [0, 0.05) is 22.3 Å². The number of hydrogen-bond donors (Lipinski definition) is 1. The van der Waals surface area contributed by atoms with Crippen LogP contribution >= 0.6 is 15.9 Å². The lowest BCUT2D eigenvalue weighted by Crippen LogP contribution is -2.29. The van der Waals surface area contributed by atoms with Gasteiger partial charge in [-0.2, -0.15) is 0 Å². The third-order valence-corrected chi connectivity index (χ3v) is 6.34. The number of ether oxygens (including phenoxy) is 1. The maximum absolute atomic E-state index is 11.8. The van der Waals surface area contributed by atoms with Gasteiger partial charge in [0.1, 0.15) is 5.75 Å². The number of halogens is 1. The highest BCUT2D eigenvalue weighted by molar-refractivity contribution is 9.10. The second-order valence-corrected chi connectivity index (χ2v) is 9.30. The number of carbonyl (C=O) groups is 1. The van der Waals surface area contributed by atoms with Crippen molar-refractivity contribution in [1.82, 2.24) is 4.57 Å². The third-order valence-electron chi connectivity index (χ3n) is 5.81. The molecule has 0 unspecified atom stereocenters. The van der Waals surface area contributed by atoms with Crippen LogP contribution in [0.5, 0.6) is 5.75 Å². The van der Waals surface area contributed by atoms with E-state index < -0.39 is 12.1 Å². The van der Waals surface area contributed by atoms with E-state index in [9.17, 15) is 9.90 Å². The van der Waals surface area contributed by atoms with Crippen molar-refractivity contribution < 1.29 is 14.6 Å². The average molecular weight is 518 g/mol. The maximum Gasteiger partial charge on any atom is 0.345 e. The number of hydrogen-bond acceptors (Lipinski definition) is 2. The van der Waals surface area contributed by atoms with Crippen molar-refractivity contribution in [2.75, 3.05) is 0 Å². The quantitative estimate of drug-likeness (QED) is 0.254. The number of nitrogens with zero attached hydrogens (tertiary/aromatic N) is 1. The van der Waals surface area contributed by atoms with Crippen molar-refractivity contribution in [2.45, 2.75) is 39.2 Å². The number of carboxylic acid groups (broad SMARTS) is 1. The fourth-order valence-electron chi connectivity index (χ4n) is 4.27. The Morgan fingerprint density at radius 2 is 1.68 bits per heavy atom. The average Bonchev–Trinajstić information content (AvgIpc) is 3.16. The maximum atomic E-state index is 11.8. The molecule has 1 aromatic heterocycles. The van der Waals surface area contributed by atoms with Crippen LogP contribution in [-0.4, -0.2) is 21.7 Å². The summed E-state index contributed by atoms with van der Waals surface area (Å²) >= 11 is 3.52. The van der Waals surface area contributed by atoms with Gasteiger partial charge in [-0.1, -0.05) is 59.6 Å². The minimum absolute atomic E-state index is 0.310. The van der Waals surface area contributed by atoms with Crippen LogP contribution in [0, 0.1) is 6.92 Å². The molecule has 4 aromatic rings. The van der Waals surface area contributed by atoms with Crippen molar-refractivity contribution in [3.05, 3.63) is 106 Å². The summed E-state index contributed by atoms with van der Waals surface area (Å²) < 4.78 is 9.19. The highest BCUT2D eigenvalue weighted by atomic mass is 79.9. The zero-order valence-corrected chi connectivity index (χ0v) is 21.0. The number of rotatable bonds is 9. The van der Waals surface area contributed by atoms with Crippen molar-refractivity contribution in [1.29, 1.82) is 0 Å². The largest absolute Gasteiger partial charge is 0.478 e. The Morgan fingerprint density at radius 3 is 2.29 bits per heavy atom. The summed E-state index contributed by atoms with van der Waals surface area (Å²) in [6, 6.07) is 27.9. The molecule has 3 aromatic carbocycles. The van der Waals surface area contributed by atoms with Gasteiger partial charge in [0.2, 0.25) is 0 Å². The molecule has 0 bridgehead atoms. The normalized spacial score (nSPS) is 11.9. The Balaban J connectivity index is 1.64. The van der Waals surface area contributed by atoms with E-state index in [1.54, 1.807) is 0 Å². The molecule has 0 aliphatic rings. The van der Waals surface area contributed by atoms with Crippen LogP contribution in [0.25, 0.3) is 16.9 Å².